The maximum Gasteiger partial charge on any atom is 0.416 e. The van der Waals surface area contributed by atoms with E-state index in [-0.39, 0.29) is 11.6 Å². The van der Waals surface area contributed by atoms with Crippen molar-refractivity contribution in [3.8, 4) is 0 Å². The molecule has 0 aromatic heterocycles. The van der Waals surface area contributed by atoms with Crippen LogP contribution in [0.3, 0.4) is 0 Å². The number of esters is 1. The Balaban J connectivity index is 2.08. The van der Waals surface area contributed by atoms with Crippen LogP contribution in [0.15, 0.2) is 48.5 Å². The highest BCUT2D eigenvalue weighted by Crippen LogP contribution is 2.45. The van der Waals surface area contributed by atoms with Crippen LogP contribution in [0.5, 0.6) is 0 Å². The minimum atomic E-state index is -4.94. The van der Waals surface area contributed by atoms with Crippen molar-refractivity contribution >= 4 is 5.97 Å². The Kier molecular flexibility index (Phi) is 7.14. The van der Waals surface area contributed by atoms with Crippen LogP contribution in [0.4, 0.5) is 26.3 Å². The number of hydrogen-bond acceptors (Lipinski definition) is 4. The van der Waals surface area contributed by atoms with Crippen molar-refractivity contribution < 1.29 is 40.7 Å². The van der Waals surface area contributed by atoms with E-state index in [4.69, 9.17) is 4.84 Å². The first-order valence-corrected chi connectivity index (χ1v) is 9.81. The van der Waals surface area contributed by atoms with Gasteiger partial charge in [0.1, 0.15) is 0 Å². The second-order valence-electron chi connectivity index (χ2n) is 7.43. The molecular formula is C22H21F6NO3. The van der Waals surface area contributed by atoms with Gasteiger partial charge >= 0.3 is 18.3 Å². The van der Waals surface area contributed by atoms with Crippen LogP contribution >= 0.6 is 0 Å². The van der Waals surface area contributed by atoms with E-state index in [0.29, 0.717) is 24.9 Å². The topological polar surface area (TPSA) is 38.8 Å². The first-order chi connectivity index (χ1) is 15.0. The van der Waals surface area contributed by atoms with Crippen molar-refractivity contribution in [3.63, 3.8) is 0 Å². The van der Waals surface area contributed by atoms with Crippen LogP contribution in [0.25, 0.3) is 0 Å². The first kappa shape index (κ1) is 24.1. The third-order valence-corrected chi connectivity index (χ3v) is 5.34. The number of benzene rings is 2. The number of carbonyl (C=O) groups excluding carboxylic acids is 1. The molecule has 0 N–H and O–H groups in total. The summed E-state index contributed by atoms with van der Waals surface area (Å²) in [6, 6.07) is 9.56. The largest absolute Gasteiger partial charge is 0.467 e. The highest BCUT2D eigenvalue weighted by molar-refractivity contribution is 5.70. The number of nitrogens with zero attached hydrogens (tertiary/aromatic N) is 1. The van der Waals surface area contributed by atoms with E-state index in [1.807, 2.05) is 0 Å². The number of carbonyl (C=O) groups is 1. The van der Waals surface area contributed by atoms with E-state index in [2.05, 4.69) is 4.74 Å². The molecule has 0 radical (unpaired) electrons. The second-order valence-corrected chi connectivity index (χ2v) is 7.43. The zero-order chi connectivity index (χ0) is 23.5. The van der Waals surface area contributed by atoms with Gasteiger partial charge in [-0.15, -0.1) is 0 Å². The van der Waals surface area contributed by atoms with Crippen molar-refractivity contribution in [1.82, 2.24) is 5.06 Å². The quantitative estimate of drug-likeness (QED) is 0.420. The fourth-order valence-electron chi connectivity index (χ4n) is 3.89. The Morgan fingerprint density at radius 2 is 1.56 bits per heavy atom. The smallest absolute Gasteiger partial charge is 0.416 e. The van der Waals surface area contributed by atoms with Crippen LogP contribution in [-0.2, 0) is 26.7 Å². The number of rotatable bonds is 5. The molecule has 0 spiro atoms. The van der Waals surface area contributed by atoms with Gasteiger partial charge in [0.2, 0.25) is 0 Å². The van der Waals surface area contributed by atoms with Gasteiger partial charge in [-0.3, -0.25) is 4.84 Å². The minimum absolute atomic E-state index is 0.0904. The zero-order valence-corrected chi connectivity index (χ0v) is 17.0. The summed E-state index contributed by atoms with van der Waals surface area (Å²) in [4.78, 5) is 17.1. The van der Waals surface area contributed by atoms with Gasteiger partial charge in [-0.1, -0.05) is 30.3 Å². The molecule has 0 aliphatic carbocycles. The van der Waals surface area contributed by atoms with E-state index >= 15 is 0 Å². The van der Waals surface area contributed by atoms with Crippen LogP contribution < -0.4 is 0 Å². The van der Waals surface area contributed by atoms with E-state index in [9.17, 15) is 31.1 Å². The number of ether oxygens (including phenoxy) is 1. The van der Waals surface area contributed by atoms with Crippen LogP contribution in [0.1, 0.15) is 47.1 Å². The molecule has 1 heterocycles. The van der Waals surface area contributed by atoms with Crippen LogP contribution in [0, 0.1) is 0 Å². The Bertz CT molecular complexity index is 897. The fraction of sp³-hybridized carbons (Fsp3) is 0.409. The van der Waals surface area contributed by atoms with Crippen LogP contribution in [0.2, 0.25) is 0 Å². The molecule has 174 valence electrons. The van der Waals surface area contributed by atoms with E-state index < -0.39 is 48.0 Å². The molecule has 2 aromatic carbocycles. The number of hydrogen-bond donors (Lipinski definition) is 0. The third-order valence-electron chi connectivity index (χ3n) is 5.34. The van der Waals surface area contributed by atoms with Gasteiger partial charge in [-0.05, 0) is 42.2 Å². The highest BCUT2D eigenvalue weighted by atomic mass is 19.4. The monoisotopic (exact) mass is 461 g/mol. The standard InChI is InChI=1S/C22H21F6NO3/c1-31-19(30)13-32-29-9-5-8-18(20(29)14-6-3-2-4-7-14)15-10-16(21(23,24)25)12-17(11-15)22(26,27)28/h2-4,6-7,10-12,18,20H,5,8-9,13H2,1H3. The number of piperidine rings is 1. The summed E-state index contributed by atoms with van der Waals surface area (Å²) in [5.41, 5.74) is -2.16. The summed E-state index contributed by atoms with van der Waals surface area (Å²) >= 11 is 0. The molecule has 2 atom stereocenters. The van der Waals surface area contributed by atoms with Crippen molar-refractivity contribution in [2.75, 3.05) is 20.3 Å². The predicted molar refractivity (Wildman–Crippen MR) is 102 cm³/mol. The first-order valence-electron chi connectivity index (χ1n) is 9.81. The Morgan fingerprint density at radius 3 is 2.09 bits per heavy atom. The fourth-order valence-corrected chi connectivity index (χ4v) is 3.89. The lowest BCUT2D eigenvalue weighted by Crippen LogP contribution is -2.39. The molecule has 0 bridgehead atoms. The molecule has 2 unspecified atom stereocenters. The molecule has 1 aliphatic rings. The van der Waals surface area contributed by atoms with E-state index in [1.165, 1.54) is 12.2 Å². The average Bonchev–Trinajstić information content (AvgIpc) is 2.76. The van der Waals surface area contributed by atoms with Gasteiger partial charge in [0.25, 0.3) is 0 Å². The average molecular weight is 461 g/mol. The Labute approximate surface area is 180 Å². The van der Waals surface area contributed by atoms with Gasteiger partial charge in [0.15, 0.2) is 6.61 Å². The SMILES string of the molecule is COC(=O)CON1CCCC(c2cc(C(F)(F)F)cc(C(F)(F)F)c2)C1c1ccccc1. The summed E-state index contributed by atoms with van der Waals surface area (Å²) in [7, 11) is 1.18. The van der Waals surface area contributed by atoms with Gasteiger partial charge < -0.3 is 4.74 Å². The summed E-state index contributed by atoms with van der Waals surface area (Å²) in [6.07, 6.45) is -9.08. The van der Waals surface area contributed by atoms with Crippen molar-refractivity contribution in [2.24, 2.45) is 0 Å². The van der Waals surface area contributed by atoms with Crippen molar-refractivity contribution in [2.45, 2.75) is 37.2 Å². The molecule has 2 aromatic rings. The van der Waals surface area contributed by atoms with Crippen molar-refractivity contribution in [3.05, 3.63) is 70.8 Å². The molecule has 4 nitrogen and oxygen atoms in total. The summed E-state index contributed by atoms with van der Waals surface area (Å²) in [6.45, 7) is -0.0823. The second kappa shape index (κ2) is 9.50. The summed E-state index contributed by atoms with van der Waals surface area (Å²) in [5.74, 6) is -1.38. The summed E-state index contributed by atoms with van der Waals surface area (Å²) < 4.78 is 84.9. The van der Waals surface area contributed by atoms with Gasteiger partial charge in [-0.25, -0.2) is 4.79 Å². The number of hydroxylamine groups is 2. The Morgan fingerprint density at radius 1 is 0.969 bits per heavy atom. The Hall–Kier alpha value is -2.59. The lowest BCUT2D eigenvalue weighted by atomic mass is 9.80. The van der Waals surface area contributed by atoms with Gasteiger partial charge in [0.05, 0.1) is 24.3 Å². The third kappa shape index (κ3) is 5.60. The summed E-state index contributed by atoms with van der Waals surface area (Å²) in [5, 5.41) is 1.44. The molecule has 3 rings (SSSR count). The molecule has 1 aliphatic heterocycles. The molecule has 0 amide bonds. The maximum absolute atomic E-state index is 13.4. The normalized spacial score (nSPS) is 20.2. The van der Waals surface area contributed by atoms with Crippen molar-refractivity contribution in [1.29, 1.82) is 0 Å². The lowest BCUT2D eigenvalue weighted by Gasteiger charge is -2.41. The number of alkyl halides is 6. The van der Waals surface area contributed by atoms with Gasteiger partial charge in [0, 0.05) is 12.5 Å². The maximum atomic E-state index is 13.4. The minimum Gasteiger partial charge on any atom is -0.467 e. The molecule has 10 heteroatoms. The van der Waals surface area contributed by atoms with Crippen LogP contribution in [-0.4, -0.2) is 31.3 Å². The number of halogens is 6. The number of methoxy groups -OCH3 is 1. The predicted octanol–water partition coefficient (Wildman–Crippen LogP) is 5.75. The molecule has 0 saturated carbocycles. The molecule has 1 fully saturated rings. The van der Waals surface area contributed by atoms with E-state index in [1.54, 1.807) is 30.3 Å². The zero-order valence-electron chi connectivity index (χ0n) is 17.0. The molecule has 1 saturated heterocycles. The molecular weight excluding hydrogens is 440 g/mol. The highest BCUT2D eigenvalue weighted by Gasteiger charge is 2.40. The molecule has 32 heavy (non-hydrogen) atoms. The van der Waals surface area contributed by atoms with E-state index in [0.717, 1.165) is 12.1 Å². The van der Waals surface area contributed by atoms with Gasteiger partial charge in [-0.2, -0.15) is 31.4 Å². The lowest BCUT2D eigenvalue weighted by molar-refractivity contribution is -0.213.